The average Bonchev–Trinajstić information content (AvgIpc) is 3.27. The number of carbonyl (C=O) groups excluding carboxylic acids is 1. The van der Waals surface area contributed by atoms with Crippen molar-refractivity contribution in [3.8, 4) is 22.9 Å². The first-order valence-corrected chi connectivity index (χ1v) is 11.7. The van der Waals surface area contributed by atoms with Crippen LogP contribution in [-0.4, -0.2) is 49.7 Å². The molecule has 0 amide bonds. The lowest BCUT2D eigenvalue weighted by Gasteiger charge is -2.14. The molecule has 35 heavy (non-hydrogen) atoms. The SMILES string of the molecule is COc1cc(-c2cnc3[nH]cc(C(=O)c4cccc(NS(=O)(=O)N(C)C)c4F)c3c2)ccc1C#N. The summed E-state index contributed by atoms with van der Waals surface area (Å²) in [6.45, 7) is 0. The van der Waals surface area contributed by atoms with Gasteiger partial charge in [0.2, 0.25) is 0 Å². The van der Waals surface area contributed by atoms with Crippen LogP contribution >= 0.6 is 0 Å². The summed E-state index contributed by atoms with van der Waals surface area (Å²) in [4.78, 5) is 20.6. The number of benzene rings is 2. The molecular weight excluding hydrogens is 473 g/mol. The Morgan fingerprint density at radius 1 is 1.17 bits per heavy atom. The van der Waals surface area contributed by atoms with E-state index in [2.05, 4.69) is 20.8 Å². The van der Waals surface area contributed by atoms with Crippen LogP contribution in [0.25, 0.3) is 22.2 Å². The van der Waals surface area contributed by atoms with Gasteiger partial charge in [-0.25, -0.2) is 9.37 Å². The highest BCUT2D eigenvalue weighted by Gasteiger charge is 2.23. The lowest BCUT2D eigenvalue weighted by Crippen LogP contribution is -2.29. The van der Waals surface area contributed by atoms with Gasteiger partial charge in [0.05, 0.1) is 23.9 Å². The van der Waals surface area contributed by atoms with Gasteiger partial charge in [-0.1, -0.05) is 12.1 Å². The highest BCUT2D eigenvalue weighted by atomic mass is 32.2. The zero-order chi connectivity index (χ0) is 25.3. The number of H-pyrrole nitrogens is 1. The number of pyridine rings is 1. The number of fused-ring (bicyclic) bond motifs is 1. The minimum Gasteiger partial charge on any atom is -0.495 e. The molecule has 0 saturated carbocycles. The Kier molecular flexibility index (Phi) is 6.26. The van der Waals surface area contributed by atoms with Gasteiger partial charge in [-0.2, -0.15) is 18.0 Å². The van der Waals surface area contributed by atoms with Crippen molar-refractivity contribution in [2.24, 2.45) is 0 Å². The molecule has 178 valence electrons. The smallest absolute Gasteiger partial charge is 0.301 e. The molecule has 2 aromatic carbocycles. The number of halogens is 1. The van der Waals surface area contributed by atoms with E-state index in [1.807, 2.05) is 0 Å². The third-order valence-corrected chi connectivity index (χ3v) is 6.83. The minimum atomic E-state index is -3.97. The van der Waals surface area contributed by atoms with Gasteiger partial charge >= 0.3 is 10.2 Å². The third-order valence-electron chi connectivity index (χ3n) is 5.39. The van der Waals surface area contributed by atoms with Gasteiger partial charge in [0, 0.05) is 43.0 Å². The monoisotopic (exact) mass is 493 g/mol. The number of nitrogens with zero attached hydrogens (tertiary/aromatic N) is 3. The quantitative estimate of drug-likeness (QED) is 0.378. The first-order valence-electron chi connectivity index (χ1n) is 10.3. The number of rotatable bonds is 7. The number of aromatic nitrogens is 2. The molecule has 0 fully saturated rings. The van der Waals surface area contributed by atoms with Gasteiger partial charge < -0.3 is 9.72 Å². The van der Waals surface area contributed by atoms with Gasteiger partial charge in [0.25, 0.3) is 0 Å². The van der Waals surface area contributed by atoms with E-state index in [0.717, 1.165) is 4.31 Å². The second-order valence-corrected chi connectivity index (χ2v) is 9.62. The molecule has 2 aromatic heterocycles. The maximum Gasteiger partial charge on any atom is 0.301 e. The molecule has 0 unspecified atom stereocenters. The van der Waals surface area contributed by atoms with E-state index in [9.17, 15) is 18.5 Å². The average molecular weight is 494 g/mol. The van der Waals surface area contributed by atoms with Gasteiger partial charge in [0.1, 0.15) is 17.5 Å². The first-order chi connectivity index (χ1) is 16.7. The summed E-state index contributed by atoms with van der Waals surface area (Å²) in [5.74, 6) is -1.23. The van der Waals surface area contributed by atoms with Crippen LogP contribution in [0.4, 0.5) is 10.1 Å². The molecule has 11 heteroatoms. The largest absolute Gasteiger partial charge is 0.495 e. The number of hydrogen-bond donors (Lipinski definition) is 2. The summed E-state index contributed by atoms with van der Waals surface area (Å²) in [7, 11) is 0.0992. The van der Waals surface area contributed by atoms with Crippen molar-refractivity contribution < 1.29 is 22.3 Å². The zero-order valence-electron chi connectivity index (χ0n) is 19.0. The third kappa shape index (κ3) is 4.44. The van der Waals surface area contributed by atoms with Crippen molar-refractivity contribution >= 4 is 32.7 Å². The number of aromatic amines is 1. The van der Waals surface area contributed by atoms with Crippen molar-refractivity contribution in [2.45, 2.75) is 0 Å². The summed E-state index contributed by atoms with van der Waals surface area (Å²) >= 11 is 0. The molecule has 2 N–H and O–H groups in total. The highest BCUT2D eigenvalue weighted by Crippen LogP contribution is 2.31. The number of hydrogen-bond acceptors (Lipinski definition) is 6. The number of nitriles is 1. The number of nitrogens with one attached hydrogen (secondary N) is 2. The molecule has 4 aromatic rings. The Labute approximate surface area is 201 Å². The molecule has 0 saturated heterocycles. The molecule has 0 aliphatic heterocycles. The highest BCUT2D eigenvalue weighted by molar-refractivity contribution is 7.90. The second kappa shape index (κ2) is 9.17. The van der Waals surface area contributed by atoms with Crippen LogP contribution in [0.1, 0.15) is 21.5 Å². The van der Waals surface area contributed by atoms with Crippen molar-refractivity contribution in [2.75, 3.05) is 25.9 Å². The Morgan fingerprint density at radius 3 is 2.63 bits per heavy atom. The fourth-order valence-electron chi connectivity index (χ4n) is 3.47. The number of carbonyl (C=O) groups is 1. The zero-order valence-corrected chi connectivity index (χ0v) is 19.8. The van der Waals surface area contributed by atoms with Gasteiger partial charge in [0.15, 0.2) is 11.6 Å². The van der Waals surface area contributed by atoms with Crippen LogP contribution in [0, 0.1) is 17.1 Å². The topological polar surface area (TPSA) is 128 Å². The summed E-state index contributed by atoms with van der Waals surface area (Å²) < 4.78 is 47.7. The number of ketones is 1. The van der Waals surface area contributed by atoms with Crippen molar-refractivity contribution in [1.29, 1.82) is 5.26 Å². The van der Waals surface area contributed by atoms with Crippen LogP contribution in [0.3, 0.4) is 0 Å². The van der Waals surface area contributed by atoms with Crippen LogP contribution in [0.2, 0.25) is 0 Å². The maximum absolute atomic E-state index is 15.2. The van der Waals surface area contributed by atoms with Crippen LogP contribution in [0.5, 0.6) is 5.75 Å². The second-order valence-electron chi connectivity index (χ2n) is 7.74. The van der Waals surface area contributed by atoms with Crippen molar-refractivity contribution in [1.82, 2.24) is 14.3 Å². The molecule has 4 rings (SSSR count). The number of ether oxygens (including phenoxy) is 1. The maximum atomic E-state index is 15.2. The van der Waals surface area contributed by atoms with E-state index in [4.69, 9.17) is 4.74 Å². The van der Waals surface area contributed by atoms with E-state index in [1.165, 1.54) is 45.6 Å². The summed E-state index contributed by atoms with van der Waals surface area (Å²) in [5, 5.41) is 9.66. The van der Waals surface area contributed by atoms with E-state index in [-0.39, 0.29) is 16.8 Å². The summed E-state index contributed by atoms with van der Waals surface area (Å²) in [6.07, 6.45) is 3.03. The van der Waals surface area contributed by atoms with E-state index in [1.54, 1.807) is 30.5 Å². The fourth-order valence-corrected chi connectivity index (χ4v) is 4.09. The molecule has 0 bridgehead atoms. The first kappa shape index (κ1) is 23.9. The van der Waals surface area contributed by atoms with E-state index in [0.29, 0.717) is 33.5 Å². The van der Waals surface area contributed by atoms with Crippen LogP contribution in [0.15, 0.2) is 54.9 Å². The molecule has 0 spiro atoms. The van der Waals surface area contributed by atoms with Crippen molar-refractivity contribution in [3.63, 3.8) is 0 Å². The molecule has 2 heterocycles. The molecule has 0 radical (unpaired) electrons. The molecule has 0 atom stereocenters. The standard InChI is InChI=1S/C24H20FN5O4S/c1-30(2)35(32,33)29-20-6-4-5-17(22(20)25)23(31)19-13-28-24-18(19)9-16(12-27-24)14-7-8-15(11-26)21(10-14)34-3/h4-10,12-13,29H,1-3H3,(H,27,28). The fraction of sp³-hybridized carbons (Fsp3) is 0.125. The van der Waals surface area contributed by atoms with Crippen molar-refractivity contribution in [3.05, 3.63) is 77.4 Å². The Balaban J connectivity index is 1.76. The molecule has 9 nitrogen and oxygen atoms in total. The Bertz CT molecular complexity index is 1610. The number of anilines is 1. The van der Waals surface area contributed by atoms with Crippen LogP contribution < -0.4 is 9.46 Å². The lowest BCUT2D eigenvalue weighted by molar-refractivity contribution is 0.103. The molecule has 0 aliphatic carbocycles. The Morgan fingerprint density at radius 2 is 1.94 bits per heavy atom. The molecule has 0 aliphatic rings. The number of methoxy groups -OCH3 is 1. The Hall–Kier alpha value is -4.27. The normalized spacial score (nSPS) is 11.4. The lowest BCUT2D eigenvalue weighted by atomic mass is 9.99. The van der Waals surface area contributed by atoms with Crippen LogP contribution in [-0.2, 0) is 10.2 Å². The predicted octanol–water partition coefficient (Wildman–Crippen LogP) is 3.70. The predicted molar refractivity (Wildman–Crippen MR) is 129 cm³/mol. The minimum absolute atomic E-state index is 0.168. The van der Waals surface area contributed by atoms with Gasteiger partial charge in [-0.3, -0.25) is 9.52 Å². The summed E-state index contributed by atoms with van der Waals surface area (Å²) in [6, 6.07) is 12.7. The molecular formula is C24H20FN5O4S. The van der Waals surface area contributed by atoms with E-state index < -0.39 is 21.8 Å². The van der Waals surface area contributed by atoms with Gasteiger partial charge in [-0.05, 0) is 35.9 Å². The summed E-state index contributed by atoms with van der Waals surface area (Å²) in [5.41, 5.74) is 1.69. The van der Waals surface area contributed by atoms with E-state index >= 15 is 4.39 Å². The van der Waals surface area contributed by atoms with Gasteiger partial charge in [-0.15, -0.1) is 0 Å².